The number of nitrogens with one attached hydrogen (secondary N) is 1. The van der Waals surface area contributed by atoms with E-state index in [4.69, 9.17) is 4.74 Å². The maximum Gasteiger partial charge on any atom is 0.331 e. The second-order valence-electron chi connectivity index (χ2n) is 4.59. The first-order valence-corrected chi connectivity index (χ1v) is 6.24. The molecule has 0 bridgehead atoms. The molecule has 0 spiro atoms. The van der Waals surface area contributed by atoms with Crippen LogP contribution in [0.2, 0.25) is 0 Å². The molecule has 1 aliphatic rings. The smallest absolute Gasteiger partial charge is 0.331 e. The van der Waals surface area contributed by atoms with Crippen LogP contribution < -0.4 is 10.9 Å². The van der Waals surface area contributed by atoms with Crippen molar-refractivity contribution in [2.75, 3.05) is 18.5 Å². The van der Waals surface area contributed by atoms with Crippen LogP contribution >= 0.6 is 0 Å². The molecule has 0 aromatic carbocycles. The van der Waals surface area contributed by atoms with Gasteiger partial charge >= 0.3 is 5.97 Å². The van der Waals surface area contributed by atoms with Crippen molar-refractivity contribution < 1.29 is 14.6 Å². The van der Waals surface area contributed by atoms with Crippen LogP contribution in [0.4, 0.5) is 5.82 Å². The van der Waals surface area contributed by atoms with Crippen molar-refractivity contribution in [2.45, 2.75) is 31.8 Å². The van der Waals surface area contributed by atoms with Gasteiger partial charge in [-0.25, -0.2) is 9.78 Å². The van der Waals surface area contributed by atoms with E-state index in [0.29, 0.717) is 19.6 Å². The van der Waals surface area contributed by atoms with Crippen LogP contribution in [0.5, 0.6) is 0 Å². The number of ether oxygens (including phenoxy) is 1. The number of carboxylic acid groups (broad SMARTS) is 1. The summed E-state index contributed by atoms with van der Waals surface area (Å²) in [6.45, 7) is 2.93. The minimum Gasteiger partial charge on any atom is -0.479 e. The average molecular weight is 267 g/mol. The molecule has 1 aliphatic heterocycles. The molecule has 1 atom stereocenters. The maximum absolute atomic E-state index is 12.1. The summed E-state index contributed by atoms with van der Waals surface area (Å²) in [5, 5.41) is 12.1. The molecule has 1 saturated heterocycles. The number of aryl methyl sites for hydroxylation is 1. The van der Waals surface area contributed by atoms with Gasteiger partial charge in [-0.3, -0.25) is 4.79 Å². The van der Waals surface area contributed by atoms with Gasteiger partial charge in [-0.1, -0.05) is 6.92 Å². The van der Waals surface area contributed by atoms with E-state index in [1.807, 2.05) is 6.92 Å². The first-order chi connectivity index (χ1) is 9.09. The first-order valence-electron chi connectivity index (χ1n) is 6.24. The van der Waals surface area contributed by atoms with E-state index in [0.717, 1.165) is 6.42 Å². The van der Waals surface area contributed by atoms with Crippen molar-refractivity contribution >= 4 is 11.8 Å². The Labute approximate surface area is 110 Å². The highest BCUT2D eigenvalue weighted by Gasteiger charge is 2.43. The molecule has 2 N–H and O–H groups in total. The summed E-state index contributed by atoms with van der Waals surface area (Å²) in [5.74, 6) is -0.971. The Bertz CT molecular complexity index is 520. The molecule has 1 unspecified atom stereocenters. The lowest BCUT2D eigenvalue weighted by Crippen LogP contribution is -2.48. The van der Waals surface area contributed by atoms with Crippen molar-refractivity contribution in [2.24, 2.45) is 0 Å². The Hall–Kier alpha value is -1.89. The van der Waals surface area contributed by atoms with Gasteiger partial charge in [-0.05, 0) is 6.42 Å². The summed E-state index contributed by atoms with van der Waals surface area (Å²) >= 11 is 0. The van der Waals surface area contributed by atoms with E-state index in [1.54, 1.807) is 6.20 Å². The van der Waals surface area contributed by atoms with E-state index >= 15 is 0 Å². The molecule has 7 nitrogen and oxygen atoms in total. The van der Waals surface area contributed by atoms with Gasteiger partial charge in [-0.2, -0.15) is 0 Å². The number of nitrogens with zero attached hydrogens (tertiary/aromatic N) is 2. The Kier molecular flexibility index (Phi) is 3.84. The molecule has 0 saturated carbocycles. The van der Waals surface area contributed by atoms with Crippen molar-refractivity contribution in [3.63, 3.8) is 0 Å². The summed E-state index contributed by atoms with van der Waals surface area (Å²) in [7, 11) is 0. The van der Waals surface area contributed by atoms with Gasteiger partial charge in [0.2, 0.25) is 0 Å². The summed E-state index contributed by atoms with van der Waals surface area (Å²) in [4.78, 5) is 27.4. The molecule has 7 heteroatoms. The second kappa shape index (κ2) is 5.40. The molecule has 2 rings (SSSR count). The van der Waals surface area contributed by atoms with Gasteiger partial charge in [-0.15, -0.1) is 0 Å². The van der Waals surface area contributed by atoms with Crippen molar-refractivity contribution in [1.82, 2.24) is 9.55 Å². The van der Waals surface area contributed by atoms with Crippen molar-refractivity contribution in [3.8, 4) is 0 Å². The molecule has 104 valence electrons. The first kappa shape index (κ1) is 13.5. The van der Waals surface area contributed by atoms with Crippen LogP contribution in [-0.2, 0) is 16.1 Å². The maximum atomic E-state index is 12.1. The summed E-state index contributed by atoms with van der Waals surface area (Å²) in [6.07, 6.45) is 4.21. The van der Waals surface area contributed by atoms with E-state index in [1.165, 1.54) is 10.8 Å². The topological polar surface area (TPSA) is 93.5 Å². The van der Waals surface area contributed by atoms with Crippen molar-refractivity contribution in [3.05, 3.63) is 22.7 Å². The fourth-order valence-electron chi connectivity index (χ4n) is 2.06. The van der Waals surface area contributed by atoms with Crippen molar-refractivity contribution in [1.29, 1.82) is 0 Å². The third-order valence-electron chi connectivity index (χ3n) is 3.17. The van der Waals surface area contributed by atoms with Crippen LogP contribution in [-0.4, -0.2) is 39.4 Å². The highest BCUT2D eigenvalue weighted by atomic mass is 16.5. The molecule has 1 fully saturated rings. The standard InChI is InChI=1S/C12H17N3O4/c1-2-5-15-6-4-13-9(10(15)16)14-12(11(17)18)3-7-19-8-12/h4,6H,2-3,5,7-8H2,1H3,(H,13,14)(H,17,18). The highest BCUT2D eigenvalue weighted by Crippen LogP contribution is 2.22. The van der Waals surface area contributed by atoms with E-state index in [2.05, 4.69) is 10.3 Å². The molecule has 1 aromatic rings. The van der Waals surface area contributed by atoms with Crippen LogP contribution in [0, 0.1) is 0 Å². The Morgan fingerprint density at radius 2 is 2.47 bits per heavy atom. The number of hydrogen-bond donors (Lipinski definition) is 2. The number of rotatable bonds is 5. The van der Waals surface area contributed by atoms with E-state index in [9.17, 15) is 14.7 Å². The molecular formula is C12H17N3O4. The summed E-state index contributed by atoms with van der Waals surface area (Å²) < 4.78 is 6.65. The van der Waals surface area contributed by atoms with Crippen LogP contribution in [0.15, 0.2) is 17.2 Å². The zero-order valence-electron chi connectivity index (χ0n) is 10.8. The molecular weight excluding hydrogens is 250 g/mol. The number of carbonyl (C=O) groups is 1. The fourth-order valence-corrected chi connectivity index (χ4v) is 2.06. The lowest BCUT2D eigenvalue weighted by molar-refractivity contribution is -0.142. The minimum atomic E-state index is -1.25. The summed E-state index contributed by atoms with van der Waals surface area (Å²) in [5.41, 5.74) is -1.56. The Morgan fingerprint density at radius 3 is 3.05 bits per heavy atom. The number of anilines is 1. The predicted molar refractivity (Wildman–Crippen MR) is 68.2 cm³/mol. The quantitative estimate of drug-likeness (QED) is 0.797. The lowest BCUT2D eigenvalue weighted by Gasteiger charge is -2.24. The minimum absolute atomic E-state index is 0.0339. The SMILES string of the molecule is CCCn1ccnc(NC2(C(=O)O)CCOC2)c1=O. The monoisotopic (exact) mass is 267 g/mol. The number of aromatic nitrogens is 2. The largest absolute Gasteiger partial charge is 0.479 e. The molecule has 1 aromatic heterocycles. The number of carboxylic acids is 1. The molecule has 0 aliphatic carbocycles. The Balaban J connectivity index is 2.30. The number of hydrogen-bond acceptors (Lipinski definition) is 5. The van der Waals surface area contributed by atoms with Gasteiger partial charge in [0.15, 0.2) is 11.4 Å². The van der Waals surface area contributed by atoms with Gasteiger partial charge < -0.3 is 19.7 Å². The Morgan fingerprint density at radius 1 is 1.68 bits per heavy atom. The van der Waals surface area contributed by atoms with Gasteiger partial charge in [0, 0.05) is 32.0 Å². The van der Waals surface area contributed by atoms with Gasteiger partial charge in [0.1, 0.15) is 0 Å². The molecule has 0 radical (unpaired) electrons. The van der Waals surface area contributed by atoms with Gasteiger partial charge in [0.25, 0.3) is 5.56 Å². The third kappa shape index (κ3) is 2.60. The fraction of sp³-hybridized carbons (Fsp3) is 0.583. The summed E-state index contributed by atoms with van der Waals surface area (Å²) in [6, 6.07) is 0. The molecule has 2 heterocycles. The normalized spacial score (nSPS) is 22.4. The van der Waals surface area contributed by atoms with Crippen LogP contribution in [0.1, 0.15) is 19.8 Å². The zero-order valence-corrected chi connectivity index (χ0v) is 10.8. The van der Waals surface area contributed by atoms with E-state index in [-0.39, 0.29) is 18.0 Å². The lowest BCUT2D eigenvalue weighted by atomic mass is 9.99. The second-order valence-corrected chi connectivity index (χ2v) is 4.59. The molecule has 0 amide bonds. The van der Waals surface area contributed by atoms with E-state index < -0.39 is 11.5 Å². The average Bonchev–Trinajstić information content (AvgIpc) is 2.84. The zero-order chi connectivity index (χ0) is 13.9. The number of aliphatic carboxylic acids is 1. The van der Waals surface area contributed by atoms with Crippen LogP contribution in [0.25, 0.3) is 0 Å². The van der Waals surface area contributed by atoms with Crippen LogP contribution in [0.3, 0.4) is 0 Å². The molecule has 19 heavy (non-hydrogen) atoms. The van der Waals surface area contributed by atoms with Gasteiger partial charge in [0.05, 0.1) is 6.61 Å². The third-order valence-corrected chi connectivity index (χ3v) is 3.17. The highest BCUT2D eigenvalue weighted by molar-refractivity contribution is 5.83. The predicted octanol–water partition coefficient (Wildman–Crippen LogP) is 0.309.